The molecule has 3 aromatic rings. The third-order valence-corrected chi connectivity index (χ3v) is 5.56. The number of pyridine rings is 1. The topological polar surface area (TPSA) is 102 Å². The van der Waals surface area contributed by atoms with Crippen molar-refractivity contribution in [2.75, 3.05) is 43.5 Å². The standard InChI is InChI=1S/C22H32N8O/c1-3-17-19-20(30(29-17)13-14-31-4-2)21(26-18-7-5-6-10-24-18)28-22(27-19)25-15-16-8-11-23-12-9-16/h5-7,10,16,23H,3-4,8-9,11-15H2,1-2H3,(H2,24,25,26,27,28). The maximum Gasteiger partial charge on any atom is 0.225 e. The Labute approximate surface area is 183 Å². The van der Waals surface area contributed by atoms with Crippen LogP contribution < -0.4 is 16.0 Å². The molecule has 0 amide bonds. The molecule has 0 saturated carbocycles. The lowest BCUT2D eigenvalue weighted by Crippen LogP contribution is -2.31. The number of fused-ring (bicyclic) bond motifs is 1. The minimum atomic E-state index is 0.592. The smallest absolute Gasteiger partial charge is 0.225 e. The van der Waals surface area contributed by atoms with Crippen molar-refractivity contribution in [3.05, 3.63) is 30.1 Å². The third-order valence-electron chi connectivity index (χ3n) is 5.56. The molecule has 4 rings (SSSR count). The summed E-state index contributed by atoms with van der Waals surface area (Å²) >= 11 is 0. The summed E-state index contributed by atoms with van der Waals surface area (Å²) in [7, 11) is 0. The number of ether oxygens (including phenoxy) is 1. The molecule has 0 radical (unpaired) electrons. The Hall–Kier alpha value is -2.78. The van der Waals surface area contributed by atoms with E-state index in [-0.39, 0.29) is 0 Å². The van der Waals surface area contributed by atoms with Crippen LogP contribution in [-0.2, 0) is 17.7 Å². The average molecular weight is 425 g/mol. The van der Waals surface area contributed by atoms with Gasteiger partial charge in [0.15, 0.2) is 5.82 Å². The average Bonchev–Trinajstić information content (AvgIpc) is 3.17. The Kier molecular flexibility index (Phi) is 7.26. The molecule has 1 saturated heterocycles. The van der Waals surface area contributed by atoms with Gasteiger partial charge in [0.1, 0.15) is 16.9 Å². The first-order valence-electron chi connectivity index (χ1n) is 11.3. The van der Waals surface area contributed by atoms with Crippen LogP contribution in [0.3, 0.4) is 0 Å². The van der Waals surface area contributed by atoms with Gasteiger partial charge in [-0.25, -0.2) is 9.97 Å². The molecule has 0 aromatic carbocycles. The van der Waals surface area contributed by atoms with E-state index in [2.05, 4.69) is 27.9 Å². The molecule has 0 spiro atoms. The second-order valence-electron chi connectivity index (χ2n) is 7.73. The van der Waals surface area contributed by atoms with Crippen molar-refractivity contribution < 1.29 is 4.74 Å². The van der Waals surface area contributed by atoms with Gasteiger partial charge in [-0.3, -0.25) is 4.68 Å². The van der Waals surface area contributed by atoms with E-state index in [1.807, 2.05) is 29.8 Å². The Bertz CT molecular complexity index is 969. The number of hydrogen-bond donors (Lipinski definition) is 3. The molecule has 9 nitrogen and oxygen atoms in total. The molecule has 9 heteroatoms. The molecule has 3 aromatic heterocycles. The molecule has 0 bridgehead atoms. The number of piperidine rings is 1. The van der Waals surface area contributed by atoms with E-state index in [4.69, 9.17) is 19.8 Å². The van der Waals surface area contributed by atoms with Crippen molar-refractivity contribution in [1.29, 1.82) is 0 Å². The fourth-order valence-electron chi connectivity index (χ4n) is 3.88. The highest BCUT2D eigenvalue weighted by Gasteiger charge is 2.19. The molecule has 166 valence electrons. The summed E-state index contributed by atoms with van der Waals surface area (Å²) in [5, 5.41) is 15.1. The van der Waals surface area contributed by atoms with E-state index in [0.717, 1.165) is 48.6 Å². The molecular formula is C22H32N8O. The van der Waals surface area contributed by atoms with E-state index in [9.17, 15) is 0 Å². The Morgan fingerprint density at radius 3 is 2.81 bits per heavy atom. The van der Waals surface area contributed by atoms with Crippen molar-refractivity contribution >= 4 is 28.6 Å². The van der Waals surface area contributed by atoms with Gasteiger partial charge in [-0.05, 0) is 57.3 Å². The summed E-state index contributed by atoms with van der Waals surface area (Å²) in [4.78, 5) is 14.1. The summed E-state index contributed by atoms with van der Waals surface area (Å²) in [5.41, 5.74) is 2.72. The minimum Gasteiger partial charge on any atom is -0.380 e. The summed E-state index contributed by atoms with van der Waals surface area (Å²) in [6.07, 6.45) is 4.90. The number of anilines is 3. The lowest BCUT2D eigenvalue weighted by atomic mass is 9.98. The van der Waals surface area contributed by atoms with E-state index < -0.39 is 0 Å². The van der Waals surface area contributed by atoms with Crippen LogP contribution in [0.1, 0.15) is 32.4 Å². The van der Waals surface area contributed by atoms with Crippen molar-refractivity contribution in [3.8, 4) is 0 Å². The Morgan fingerprint density at radius 2 is 2.06 bits per heavy atom. The third kappa shape index (κ3) is 5.29. The van der Waals surface area contributed by atoms with Crippen molar-refractivity contribution in [2.45, 2.75) is 39.7 Å². The molecule has 0 aliphatic carbocycles. The van der Waals surface area contributed by atoms with Crippen molar-refractivity contribution in [1.82, 2.24) is 30.0 Å². The van der Waals surface area contributed by atoms with Crippen molar-refractivity contribution in [3.63, 3.8) is 0 Å². The molecule has 31 heavy (non-hydrogen) atoms. The van der Waals surface area contributed by atoms with Crippen LogP contribution in [0.5, 0.6) is 0 Å². The number of aromatic nitrogens is 5. The number of nitrogens with one attached hydrogen (secondary N) is 3. The molecule has 1 aliphatic rings. The first-order chi connectivity index (χ1) is 15.3. The Morgan fingerprint density at radius 1 is 1.19 bits per heavy atom. The fraction of sp³-hybridized carbons (Fsp3) is 0.545. The predicted molar refractivity (Wildman–Crippen MR) is 123 cm³/mol. The quantitative estimate of drug-likeness (QED) is 0.427. The fourth-order valence-corrected chi connectivity index (χ4v) is 3.88. The van der Waals surface area contributed by atoms with Crippen LogP contribution in [0, 0.1) is 5.92 Å². The number of hydrogen-bond acceptors (Lipinski definition) is 8. The maximum atomic E-state index is 5.57. The van der Waals surface area contributed by atoms with Gasteiger partial charge in [0.2, 0.25) is 5.95 Å². The molecule has 4 heterocycles. The van der Waals surface area contributed by atoms with Crippen LogP contribution >= 0.6 is 0 Å². The summed E-state index contributed by atoms with van der Waals surface area (Å²) in [5.74, 6) is 2.71. The normalized spacial score (nSPS) is 14.8. The van der Waals surface area contributed by atoms with Gasteiger partial charge in [0, 0.05) is 19.3 Å². The van der Waals surface area contributed by atoms with Gasteiger partial charge in [-0.2, -0.15) is 10.1 Å². The lowest BCUT2D eigenvalue weighted by molar-refractivity contribution is 0.137. The van der Waals surface area contributed by atoms with Gasteiger partial charge in [0.05, 0.1) is 18.8 Å². The zero-order valence-corrected chi connectivity index (χ0v) is 18.4. The zero-order valence-electron chi connectivity index (χ0n) is 18.4. The number of aryl methyl sites for hydroxylation is 1. The number of rotatable bonds is 10. The highest BCUT2D eigenvalue weighted by molar-refractivity contribution is 5.90. The second kappa shape index (κ2) is 10.5. The molecule has 3 N–H and O–H groups in total. The molecule has 0 unspecified atom stereocenters. The van der Waals surface area contributed by atoms with Crippen molar-refractivity contribution in [2.24, 2.45) is 5.92 Å². The SMILES string of the molecule is CCOCCn1nc(CC)c2nc(NCC3CCNCC3)nc(Nc3ccccn3)c21. The second-order valence-corrected chi connectivity index (χ2v) is 7.73. The van der Waals surface area contributed by atoms with Gasteiger partial charge >= 0.3 is 0 Å². The van der Waals surface area contributed by atoms with E-state index in [1.54, 1.807) is 6.20 Å². The lowest BCUT2D eigenvalue weighted by Gasteiger charge is -2.22. The monoisotopic (exact) mass is 424 g/mol. The summed E-state index contributed by atoms with van der Waals surface area (Å²) in [6.45, 7) is 9.04. The van der Waals surface area contributed by atoms with Gasteiger partial charge in [-0.1, -0.05) is 13.0 Å². The van der Waals surface area contributed by atoms with Crippen LogP contribution in [0.4, 0.5) is 17.6 Å². The van der Waals surface area contributed by atoms with E-state index in [1.165, 1.54) is 12.8 Å². The molecule has 0 atom stereocenters. The van der Waals surface area contributed by atoms with Gasteiger partial charge < -0.3 is 20.7 Å². The van der Waals surface area contributed by atoms with E-state index in [0.29, 0.717) is 37.4 Å². The maximum absolute atomic E-state index is 5.57. The number of nitrogens with zero attached hydrogens (tertiary/aromatic N) is 5. The summed E-state index contributed by atoms with van der Waals surface area (Å²) in [6, 6.07) is 5.78. The first-order valence-corrected chi connectivity index (χ1v) is 11.3. The first kappa shape index (κ1) is 21.5. The van der Waals surface area contributed by atoms with E-state index >= 15 is 0 Å². The van der Waals surface area contributed by atoms with Gasteiger partial charge in [-0.15, -0.1) is 0 Å². The van der Waals surface area contributed by atoms with Gasteiger partial charge in [0.25, 0.3) is 0 Å². The largest absolute Gasteiger partial charge is 0.380 e. The minimum absolute atomic E-state index is 0.592. The summed E-state index contributed by atoms with van der Waals surface area (Å²) < 4.78 is 7.52. The molecule has 1 fully saturated rings. The zero-order chi connectivity index (χ0) is 21.5. The highest BCUT2D eigenvalue weighted by Crippen LogP contribution is 2.28. The van der Waals surface area contributed by atoms with Crippen LogP contribution in [0.15, 0.2) is 24.4 Å². The predicted octanol–water partition coefficient (Wildman–Crippen LogP) is 2.98. The van der Waals surface area contributed by atoms with Crippen LogP contribution in [0.2, 0.25) is 0 Å². The van der Waals surface area contributed by atoms with Crippen LogP contribution in [0.25, 0.3) is 11.0 Å². The molecular weight excluding hydrogens is 392 g/mol. The Balaban J connectivity index is 1.68. The highest BCUT2D eigenvalue weighted by atomic mass is 16.5. The molecule has 1 aliphatic heterocycles. The van der Waals surface area contributed by atoms with Crippen LogP contribution in [-0.4, -0.2) is 57.6 Å².